The fourth-order valence-electron chi connectivity index (χ4n) is 6.24. The Kier molecular flexibility index (Phi) is 26.9. The van der Waals surface area contributed by atoms with Crippen LogP contribution in [0.1, 0.15) is 109 Å². The second kappa shape index (κ2) is 32.7. The van der Waals surface area contributed by atoms with Gasteiger partial charge in [0.15, 0.2) is 11.6 Å². The molecule has 0 unspecified atom stereocenters. The average molecular weight is 931 g/mol. The second-order valence-corrected chi connectivity index (χ2v) is 14.6. The van der Waals surface area contributed by atoms with Crippen molar-refractivity contribution in [1.29, 1.82) is 0 Å². The molecule has 0 saturated heterocycles. The maximum atomic E-state index is 13.8. The second-order valence-electron chi connectivity index (χ2n) is 14.6. The molecule has 1 aliphatic rings. The Morgan fingerprint density at radius 1 is 0.394 bits per heavy atom. The van der Waals surface area contributed by atoms with E-state index in [0.717, 1.165) is 0 Å². The highest BCUT2D eigenvalue weighted by Gasteiger charge is 2.34. The summed E-state index contributed by atoms with van der Waals surface area (Å²) in [4.78, 5) is 98.9. The van der Waals surface area contributed by atoms with Crippen LogP contribution in [0.25, 0.3) is 0 Å². The summed E-state index contributed by atoms with van der Waals surface area (Å²) < 4.78 is 41.2. The van der Waals surface area contributed by atoms with Crippen LogP contribution in [0.4, 0.5) is 11.4 Å². The Balaban J connectivity index is 1.32. The Bertz CT molecular complexity index is 1750. The number of carbonyl (C=O) groups is 8. The Hall–Kier alpha value is -5.96. The van der Waals surface area contributed by atoms with E-state index in [1.165, 1.54) is 0 Å². The van der Waals surface area contributed by atoms with Crippen molar-refractivity contribution in [1.82, 2.24) is 0 Å². The molecule has 66 heavy (non-hydrogen) atoms. The Labute approximate surface area is 383 Å². The highest BCUT2D eigenvalue weighted by atomic mass is 16.6. The molecule has 364 valence electrons. The van der Waals surface area contributed by atoms with Gasteiger partial charge >= 0.3 is 35.8 Å². The highest BCUT2D eigenvalue weighted by Crippen LogP contribution is 2.36. The quantitative estimate of drug-likeness (QED) is 0.0370. The topological polar surface area (TPSA) is 275 Å². The number of hydrogen-bond donors (Lipinski definition) is 4. The van der Waals surface area contributed by atoms with Gasteiger partial charge in [0.2, 0.25) is 0 Å². The first-order chi connectivity index (χ1) is 32.0. The van der Waals surface area contributed by atoms with E-state index in [9.17, 15) is 38.4 Å². The summed E-state index contributed by atoms with van der Waals surface area (Å²) in [5, 5.41) is 23.6. The van der Waals surface area contributed by atoms with Crippen molar-refractivity contribution in [3.8, 4) is 0 Å². The van der Waals surface area contributed by atoms with Crippen LogP contribution in [0.3, 0.4) is 0 Å². The van der Waals surface area contributed by atoms with Gasteiger partial charge in [0.05, 0.1) is 37.6 Å². The third-order valence-corrected chi connectivity index (χ3v) is 9.50. The fraction of sp³-hybridized carbons (Fsp3) is 0.565. The highest BCUT2D eigenvalue weighted by molar-refractivity contribution is 6.31. The number of fused-ring (bicyclic) bond motifs is 2. The lowest BCUT2D eigenvalue weighted by atomic mass is 9.82. The molecule has 2 aromatic carbocycles. The van der Waals surface area contributed by atoms with Crippen molar-refractivity contribution in [2.24, 2.45) is 0 Å². The normalized spacial score (nSPS) is 11.5. The summed E-state index contributed by atoms with van der Waals surface area (Å²) in [5.74, 6) is -3.39. The first-order valence-corrected chi connectivity index (χ1v) is 22.2. The van der Waals surface area contributed by atoms with E-state index in [-0.39, 0.29) is 165 Å². The molecule has 0 radical (unpaired) electrons. The first kappa shape index (κ1) is 54.4. The predicted molar refractivity (Wildman–Crippen MR) is 234 cm³/mol. The van der Waals surface area contributed by atoms with Crippen LogP contribution in [0.5, 0.6) is 0 Å². The number of ether oxygens (including phenoxy) is 8. The molecule has 2 aromatic rings. The lowest BCUT2D eigenvalue weighted by molar-refractivity contribution is -0.148. The molecule has 0 amide bonds. The lowest BCUT2D eigenvalue weighted by Crippen LogP contribution is -2.25. The fourth-order valence-corrected chi connectivity index (χ4v) is 6.24. The van der Waals surface area contributed by atoms with Gasteiger partial charge in [-0.3, -0.25) is 38.4 Å². The van der Waals surface area contributed by atoms with Gasteiger partial charge in [-0.25, -0.2) is 0 Å². The third-order valence-electron chi connectivity index (χ3n) is 9.50. The average Bonchev–Trinajstić information content (AvgIpc) is 3.31. The van der Waals surface area contributed by atoms with Crippen LogP contribution in [-0.4, -0.2) is 150 Å². The molecule has 0 bridgehead atoms. The summed E-state index contributed by atoms with van der Waals surface area (Å²) in [6.07, 6.45) is 2.89. The number of unbranched alkanes of at least 4 members (excludes halogenated alkanes) is 2. The van der Waals surface area contributed by atoms with Gasteiger partial charge in [0.25, 0.3) is 0 Å². The number of ketones is 2. The molecule has 3 rings (SSSR count). The number of aliphatic hydroxyl groups is 2. The number of esters is 6. The number of hydrogen-bond acceptors (Lipinski definition) is 20. The minimum Gasteiger partial charge on any atom is -0.464 e. The maximum Gasteiger partial charge on any atom is 0.305 e. The SMILES string of the molecule is O=C(CCCCC(=O)OCCOCCOC(=O)CCCO)OCCNc1ccc(NCCOC(=O)CCCCC(=O)OCCOCCOC(=O)CCCO)c2c1C(=O)c1ccccc1C2=O. The molecule has 20 nitrogen and oxygen atoms in total. The van der Waals surface area contributed by atoms with Gasteiger partial charge in [-0.1, -0.05) is 24.3 Å². The zero-order valence-corrected chi connectivity index (χ0v) is 37.3. The van der Waals surface area contributed by atoms with E-state index in [2.05, 4.69) is 10.6 Å². The molecule has 1 aliphatic carbocycles. The molecular weight excluding hydrogens is 869 g/mol. The Morgan fingerprint density at radius 3 is 0.985 bits per heavy atom. The maximum absolute atomic E-state index is 13.8. The summed E-state index contributed by atoms with van der Waals surface area (Å²) >= 11 is 0. The number of anilines is 2. The molecule has 0 atom stereocenters. The molecule has 0 spiro atoms. The zero-order valence-electron chi connectivity index (χ0n) is 37.3. The zero-order chi connectivity index (χ0) is 47.8. The van der Waals surface area contributed by atoms with Crippen molar-refractivity contribution < 1.29 is 86.5 Å². The van der Waals surface area contributed by atoms with Crippen LogP contribution in [0.2, 0.25) is 0 Å². The van der Waals surface area contributed by atoms with Crippen LogP contribution < -0.4 is 10.6 Å². The monoisotopic (exact) mass is 930 g/mol. The van der Waals surface area contributed by atoms with Crippen LogP contribution in [-0.2, 0) is 66.7 Å². The van der Waals surface area contributed by atoms with Gasteiger partial charge in [-0.15, -0.1) is 0 Å². The van der Waals surface area contributed by atoms with E-state index < -0.39 is 35.8 Å². The van der Waals surface area contributed by atoms with E-state index >= 15 is 0 Å². The number of benzene rings is 2. The van der Waals surface area contributed by atoms with E-state index in [4.69, 9.17) is 48.1 Å². The van der Waals surface area contributed by atoms with Crippen LogP contribution >= 0.6 is 0 Å². The van der Waals surface area contributed by atoms with Gasteiger partial charge in [0, 0.05) is 87.3 Å². The van der Waals surface area contributed by atoms with Gasteiger partial charge in [-0.05, 0) is 50.7 Å². The van der Waals surface area contributed by atoms with E-state index in [1.54, 1.807) is 36.4 Å². The van der Waals surface area contributed by atoms with Gasteiger partial charge in [-0.2, -0.15) is 0 Å². The lowest BCUT2D eigenvalue weighted by Gasteiger charge is -2.24. The van der Waals surface area contributed by atoms with Crippen LogP contribution in [0.15, 0.2) is 36.4 Å². The van der Waals surface area contributed by atoms with Gasteiger partial charge in [0.1, 0.15) is 39.6 Å². The van der Waals surface area contributed by atoms with Crippen molar-refractivity contribution >= 4 is 58.8 Å². The van der Waals surface area contributed by atoms with Crippen LogP contribution in [0, 0.1) is 0 Å². The van der Waals surface area contributed by atoms with Gasteiger partial charge < -0.3 is 58.7 Å². The number of carbonyl (C=O) groups excluding carboxylic acids is 8. The summed E-state index contributed by atoms with van der Waals surface area (Å²) in [6, 6.07) is 9.78. The molecule has 0 fully saturated rings. The summed E-state index contributed by atoms with van der Waals surface area (Å²) in [6.45, 7) is 0.774. The van der Waals surface area contributed by atoms with Crippen molar-refractivity contribution in [2.45, 2.75) is 77.0 Å². The van der Waals surface area contributed by atoms with E-state index in [1.807, 2.05) is 0 Å². The molecule has 0 aliphatic heterocycles. The molecular formula is C46H62N2O18. The third kappa shape index (κ3) is 21.4. The van der Waals surface area contributed by atoms with Crippen molar-refractivity contribution in [3.05, 3.63) is 58.7 Å². The standard InChI is InChI=1S/C46H62N2O18/c49-21-7-15-41(55)65-31-27-59-25-29-63-39(53)13-5-3-11-37(51)61-23-19-47-35-17-18-36(44-43(35)45(57)33-9-1-2-10-34(33)46(44)58)48-20-24-62-38(52)12-4-6-14-40(54)64-30-26-60-28-32-66-42(56)16-8-22-50/h1-2,9-10,17-18,47-50H,3-8,11-16,19-32H2. The summed E-state index contributed by atoms with van der Waals surface area (Å²) in [5.41, 5.74) is 1.56. The molecule has 0 heterocycles. The van der Waals surface area contributed by atoms with E-state index in [0.29, 0.717) is 49.9 Å². The molecule has 20 heteroatoms. The minimum absolute atomic E-state index is 0.0300. The largest absolute Gasteiger partial charge is 0.464 e. The molecule has 0 saturated carbocycles. The Morgan fingerprint density at radius 2 is 0.682 bits per heavy atom. The number of rotatable bonds is 36. The summed E-state index contributed by atoms with van der Waals surface area (Å²) in [7, 11) is 0. The first-order valence-electron chi connectivity index (χ1n) is 22.2. The number of nitrogens with one attached hydrogen (secondary N) is 2. The smallest absolute Gasteiger partial charge is 0.305 e. The predicted octanol–water partition coefficient (Wildman–Crippen LogP) is 3.24. The molecule has 0 aromatic heterocycles. The number of aliphatic hydroxyl groups excluding tert-OH is 2. The minimum atomic E-state index is -0.469. The van der Waals surface area contributed by atoms with Crippen molar-refractivity contribution in [2.75, 3.05) is 103 Å². The van der Waals surface area contributed by atoms with Crippen molar-refractivity contribution in [3.63, 3.8) is 0 Å². The molecule has 4 N–H and O–H groups in total.